The van der Waals surface area contributed by atoms with Crippen LogP contribution >= 0.6 is 11.3 Å². The molecule has 0 radical (unpaired) electrons. The van der Waals surface area contributed by atoms with E-state index in [1.807, 2.05) is 31.1 Å². The number of thiazole rings is 1. The van der Waals surface area contributed by atoms with Crippen LogP contribution in [0.5, 0.6) is 0 Å². The van der Waals surface area contributed by atoms with Crippen molar-refractivity contribution in [2.75, 3.05) is 26.0 Å². The molecule has 1 saturated carbocycles. The normalized spacial score (nSPS) is 23.9. The molecule has 3 amide bonds. The highest BCUT2D eigenvalue weighted by molar-refractivity contribution is 7.19. The van der Waals surface area contributed by atoms with Gasteiger partial charge in [-0.25, -0.2) is 9.78 Å². The van der Waals surface area contributed by atoms with Crippen LogP contribution in [0.1, 0.15) is 55.0 Å². The number of anilines is 1. The van der Waals surface area contributed by atoms with E-state index in [1.54, 1.807) is 13.1 Å². The van der Waals surface area contributed by atoms with Gasteiger partial charge in [-0.15, -0.1) is 0 Å². The van der Waals surface area contributed by atoms with Crippen molar-refractivity contribution in [1.29, 1.82) is 0 Å². The number of carbonyl (C=O) groups is 2. The quantitative estimate of drug-likeness (QED) is 0.711. The van der Waals surface area contributed by atoms with Gasteiger partial charge in [-0.2, -0.15) is 0 Å². The van der Waals surface area contributed by atoms with Gasteiger partial charge in [0.2, 0.25) is 5.91 Å². The molecule has 1 aliphatic heterocycles. The summed E-state index contributed by atoms with van der Waals surface area (Å²) in [5.74, 6) is -0.527. The lowest BCUT2D eigenvalue weighted by Gasteiger charge is -2.31. The average molecular weight is 446 g/mol. The minimum Gasteiger partial charge on any atom is -0.368 e. The minimum atomic E-state index is -2.11. The average Bonchev–Trinajstić information content (AvgIpc) is 3.35. The number of nitrogens with two attached hydrogens (primary N) is 1. The summed E-state index contributed by atoms with van der Waals surface area (Å²) in [4.78, 5) is 38.3. The Bertz CT molecular complexity index is 1110. The number of carbonyl (C=O) groups excluding carboxylic acids is 2. The van der Waals surface area contributed by atoms with Crippen LogP contribution in [0.4, 0.5) is 9.93 Å². The summed E-state index contributed by atoms with van der Waals surface area (Å²) >= 11 is 1.32. The van der Waals surface area contributed by atoms with Crippen molar-refractivity contribution in [3.63, 3.8) is 0 Å². The standard InChI is InChI=1S/C22H30N6O2S/c1-21(8-9-21)16-12-14(6-10-24-16)17-15(13-27(3)4)25-19(31-17)26-20(30)28-11-5-7-22(28,2)18(23)29/h6,10,12H,5,7-9,11,13H2,1-4H3,(H2,23,29)(H,25,26,30)/t22-/m0/s1/i1D3. The second-order valence-corrected chi connectivity index (χ2v) is 9.87. The maximum atomic E-state index is 13.0. The Morgan fingerprint density at radius 3 is 2.81 bits per heavy atom. The molecular formula is C22H30N6O2S. The monoisotopic (exact) mass is 445 g/mol. The highest BCUT2D eigenvalue weighted by Gasteiger charge is 2.44. The first kappa shape index (κ1) is 18.1. The second kappa shape index (κ2) is 7.87. The van der Waals surface area contributed by atoms with Gasteiger partial charge in [0, 0.05) is 34.5 Å². The van der Waals surface area contributed by atoms with Crippen LogP contribution in [0.25, 0.3) is 10.4 Å². The molecule has 9 heteroatoms. The Hall–Kier alpha value is -2.52. The summed E-state index contributed by atoms with van der Waals surface area (Å²) in [6, 6.07) is 3.26. The number of nitrogens with one attached hydrogen (secondary N) is 1. The first-order chi connectivity index (χ1) is 15.9. The third-order valence-electron chi connectivity index (χ3n) is 6.06. The van der Waals surface area contributed by atoms with E-state index < -0.39 is 29.7 Å². The van der Waals surface area contributed by atoms with Crippen LogP contribution < -0.4 is 11.1 Å². The van der Waals surface area contributed by atoms with E-state index in [-0.39, 0.29) is 0 Å². The molecule has 166 valence electrons. The number of hydrogen-bond acceptors (Lipinski definition) is 6. The molecule has 0 bridgehead atoms. The van der Waals surface area contributed by atoms with E-state index in [2.05, 4.69) is 15.3 Å². The predicted octanol–water partition coefficient (Wildman–Crippen LogP) is 3.19. The van der Waals surface area contributed by atoms with Gasteiger partial charge >= 0.3 is 6.03 Å². The zero-order chi connectivity index (χ0) is 24.9. The molecule has 4 rings (SSSR count). The number of primary amides is 1. The molecule has 3 heterocycles. The van der Waals surface area contributed by atoms with Gasteiger partial charge < -0.3 is 15.5 Å². The molecule has 2 aliphatic rings. The topological polar surface area (TPSA) is 104 Å². The Labute approximate surface area is 191 Å². The molecule has 2 aromatic heterocycles. The van der Waals surface area contributed by atoms with Gasteiger partial charge in [-0.1, -0.05) is 18.2 Å². The third kappa shape index (κ3) is 4.16. The lowest BCUT2D eigenvalue weighted by atomic mass is 9.98. The van der Waals surface area contributed by atoms with E-state index in [1.165, 1.54) is 16.2 Å². The highest BCUT2D eigenvalue weighted by Crippen LogP contribution is 2.47. The molecule has 0 aromatic carbocycles. The van der Waals surface area contributed by atoms with Crippen LogP contribution in [0.2, 0.25) is 0 Å². The fourth-order valence-electron chi connectivity index (χ4n) is 3.96. The molecule has 8 nitrogen and oxygen atoms in total. The van der Waals surface area contributed by atoms with Crippen LogP contribution in [0, 0.1) is 0 Å². The summed E-state index contributed by atoms with van der Waals surface area (Å²) in [5.41, 5.74) is 5.81. The number of rotatable bonds is 6. The number of nitrogens with zero attached hydrogens (tertiary/aromatic N) is 4. The smallest absolute Gasteiger partial charge is 0.324 e. The predicted molar refractivity (Wildman–Crippen MR) is 122 cm³/mol. The summed E-state index contributed by atoms with van der Waals surface area (Å²) < 4.78 is 23.9. The van der Waals surface area contributed by atoms with Crippen LogP contribution in [0.15, 0.2) is 18.3 Å². The van der Waals surface area contributed by atoms with Crippen molar-refractivity contribution in [3.8, 4) is 10.4 Å². The fraction of sp³-hybridized carbons (Fsp3) is 0.545. The van der Waals surface area contributed by atoms with Gasteiger partial charge in [0.15, 0.2) is 5.13 Å². The van der Waals surface area contributed by atoms with Crippen LogP contribution in [0.3, 0.4) is 0 Å². The zero-order valence-electron chi connectivity index (χ0n) is 21.1. The Morgan fingerprint density at radius 1 is 1.39 bits per heavy atom. The molecule has 1 aliphatic carbocycles. The third-order valence-corrected chi connectivity index (χ3v) is 7.12. The van der Waals surface area contributed by atoms with Gasteiger partial charge in [-0.3, -0.25) is 15.1 Å². The highest BCUT2D eigenvalue weighted by atomic mass is 32.1. The van der Waals surface area contributed by atoms with Crippen molar-refractivity contribution < 1.29 is 13.7 Å². The van der Waals surface area contributed by atoms with Crippen molar-refractivity contribution in [2.24, 2.45) is 5.73 Å². The summed E-state index contributed by atoms with van der Waals surface area (Å²) in [6.45, 7) is 0.552. The Balaban J connectivity index is 1.65. The van der Waals surface area contributed by atoms with E-state index in [0.29, 0.717) is 49.6 Å². The van der Waals surface area contributed by atoms with Crippen molar-refractivity contribution in [1.82, 2.24) is 19.8 Å². The van der Waals surface area contributed by atoms with E-state index in [0.717, 1.165) is 16.1 Å². The minimum absolute atomic E-state index is 0.408. The first-order valence-electron chi connectivity index (χ1n) is 11.9. The number of amides is 3. The van der Waals surface area contributed by atoms with Crippen molar-refractivity contribution in [3.05, 3.63) is 29.7 Å². The summed E-state index contributed by atoms with van der Waals surface area (Å²) in [5, 5.41) is 3.25. The Kier molecular flexibility index (Phi) is 4.59. The van der Waals surface area contributed by atoms with Gasteiger partial charge in [0.05, 0.1) is 10.6 Å². The van der Waals surface area contributed by atoms with E-state index >= 15 is 0 Å². The fourth-order valence-corrected chi connectivity index (χ4v) is 4.92. The van der Waals surface area contributed by atoms with E-state index in [4.69, 9.17) is 9.85 Å². The first-order valence-corrected chi connectivity index (χ1v) is 11.2. The maximum Gasteiger partial charge on any atom is 0.324 e. The molecule has 2 fully saturated rings. The van der Waals surface area contributed by atoms with Crippen molar-refractivity contribution >= 4 is 28.4 Å². The van der Waals surface area contributed by atoms with Gasteiger partial charge in [-0.05, 0) is 64.4 Å². The van der Waals surface area contributed by atoms with Crippen molar-refractivity contribution in [2.45, 2.75) is 57.0 Å². The number of hydrogen-bond donors (Lipinski definition) is 2. The number of aromatic nitrogens is 2. The largest absolute Gasteiger partial charge is 0.368 e. The molecular weight excluding hydrogens is 412 g/mol. The number of pyridine rings is 1. The van der Waals surface area contributed by atoms with Gasteiger partial charge in [0.25, 0.3) is 0 Å². The molecule has 2 aromatic rings. The Morgan fingerprint density at radius 2 is 2.16 bits per heavy atom. The second-order valence-electron chi connectivity index (χ2n) is 8.87. The van der Waals surface area contributed by atoms with Gasteiger partial charge in [0.1, 0.15) is 5.54 Å². The SMILES string of the molecule is [2H]C([2H])([2H])C1(c2cc(-c3sc(NC(=O)N4CCC[C@@]4(C)C(N)=O)nc3CN(C)C)ccn2)CC1. The number of urea groups is 1. The van der Waals surface area contributed by atoms with Crippen LogP contribution in [-0.4, -0.2) is 57.9 Å². The lowest BCUT2D eigenvalue weighted by Crippen LogP contribution is -2.55. The molecule has 3 N–H and O–H groups in total. The van der Waals surface area contributed by atoms with Crippen LogP contribution in [-0.2, 0) is 16.8 Å². The summed E-state index contributed by atoms with van der Waals surface area (Å²) in [7, 11) is 3.85. The maximum absolute atomic E-state index is 13.0. The number of likely N-dealkylation sites (tertiary alicyclic amines) is 1. The van der Waals surface area contributed by atoms with E-state index in [9.17, 15) is 9.59 Å². The summed E-state index contributed by atoms with van der Waals surface area (Å²) in [6.07, 6.45) is 4.03. The molecule has 1 saturated heterocycles. The lowest BCUT2D eigenvalue weighted by molar-refractivity contribution is -0.126. The molecule has 31 heavy (non-hydrogen) atoms. The zero-order valence-corrected chi connectivity index (χ0v) is 18.9. The molecule has 0 spiro atoms. The molecule has 1 atom stereocenters. The molecule has 0 unspecified atom stereocenters.